The zero-order valence-corrected chi connectivity index (χ0v) is 13.0. The minimum Gasteiger partial charge on any atom is -0.394 e. The SMILES string of the molecule is CCC(CO)NC(=O)C1(c2ccccc2Cl)CCOCC1. The Morgan fingerprint density at radius 3 is 2.67 bits per heavy atom. The molecule has 1 heterocycles. The molecule has 1 atom stereocenters. The summed E-state index contributed by atoms with van der Waals surface area (Å²) >= 11 is 6.33. The van der Waals surface area contributed by atoms with E-state index in [9.17, 15) is 9.90 Å². The summed E-state index contributed by atoms with van der Waals surface area (Å²) < 4.78 is 5.42. The molecule has 2 N–H and O–H groups in total. The lowest BCUT2D eigenvalue weighted by Crippen LogP contribution is -2.51. The molecule has 0 saturated carbocycles. The van der Waals surface area contributed by atoms with Crippen LogP contribution in [-0.2, 0) is 14.9 Å². The van der Waals surface area contributed by atoms with Gasteiger partial charge in [-0.05, 0) is 30.9 Å². The van der Waals surface area contributed by atoms with E-state index in [1.807, 2.05) is 31.2 Å². The van der Waals surface area contributed by atoms with Gasteiger partial charge in [-0.3, -0.25) is 4.79 Å². The van der Waals surface area contributed by atoms with Gasteiger partial charge in [-0.25, -0.2) is 0 Å². The zero-order valence-electron chi connectivity index (χ0n) is 12.3. The molecule has 1 aliphatic heterocycles. The predicted molar refractivity (Wildman–Crippen MR) is 82.5 cm³/mol. The second-order valence-electron chi connectivity index (χ2n) is 5.44. The molecule has 0 spiro atoms. The maximum absolute atomic E-state index is 12.9. The molecular formula is C16H22ClNO3. The van der Waals surface area contributed by atoms with Gasteiger partial charge in [0, 0.05) is 18.2 Å². The number of halogens is 1. The lowest BCUT2D eigenvalue weighted by molar-refractivity contribution is -0.131. The highest BCUT2D eigenvalue weighted by Gasteiger charge is 2.43. The maximum atomic E-state index is 12.9. The third kappa shape index (κ3) is 3.39. The second-order valence-corrected chi connectivity index (χ2v) is 5.84. The predicted octanol–water partition coefficient (Wildman–Crippen LogP) is 2.28. The molecule has 0 radical (unpaired) electrons. The molecule has 1 fully saturated rings. The van der Waals surface area contributed by atoms with E-state index >= 15 is 0 Å². The van der Waals surface area contributed by atoms with Crippen molar-refractivity contribution in [2.24, 2.45) is 0 Å². The molecule has 1 saturated heterocycles. The van der Waals surface area contributed by atoms with Crippen LogP contribution in [0.4, 0.5) is 0 Å². The van der Waals surface area contributed by atoms with Gasteiger partial charge in [-0.2, -0.15) is 0 Å². The first-order chi connectivity index (χ1) is 10.1. The molecule has 1 aliphatic rings. The van der Waals surface area contributed by atoms with Gasteiger partial charge in [0.2, 0.25) is 5.91 Å². The second kappa shape index (κ2) is 7.25. The van der Waals surface area contributed by atoms with Crippen LogP contribution < -0.4 is 5.32 Å². The van der Waals surface area contributed by atoms with E-state index in [-0.39, 0.29) is 18.6 Å². The van der Waals surface area contributed by atoms with Crippen LogP contribution in [0.15, 0.2) is 24.3 Å². The number of carbonyl (C=O) groups is 1. The van der Waals surface area contributed by atoms with Gasteiger partial charge in [0.05, 0.1) is 18.1 Å². The lowest BCUT2D eigenvalue weighted by atomic mass is 9.73. The number of aliphatic hydroxyl groups excluding tert-OH is 1. The van der Waals surface area contributed by atoms with Gasteiger partial charge in [0.25, 0.3) is 0 Å². The summed E-state index contributed by atoms with van der Waals surface area (Å²) in [4.78, 5) is 12.9. The van der Waals surface area contributed by atoms with Crippen LogP contribution in [0.3, 0.4) is 0 Å². The van der Waals surface area contributed by atoms with Crippen LogP contribution in [0.1, 0.15) is 31.7 Å². The smallest absolute Gasteiger partial charge is 0.231 e. The average Bonchev–Trinajstić information content (AvgIpc) is 2.53. The van der Waals surface area contributed by atoms with Crippen LogP contribution in [0, 0.1) is 0 Å². The van der Waals surface area contributed by atoms with Crippen molar-refractivity contribution in [1.82, 2.24) is 5.32 Å². The first kappa shape index (κ1) is 16.3. The molecule has 1 aromatic carbocycles. The van der Waals surface area contributed by atoms with Crippen molar-refractivity contribution in [3.63, 3.8) is 0 Å². The molecule has 0 aromatic heterocycles. The third-order valence-electron chi connectivity index (χ3n) is 4.22. The summed E-state index contributed by atoms with van der Waals surface area (Å²) in [6, 6.07) is 7.26. The Labute approximate surface area is 130 Å². The fourth-order valence-electron chi connectivity index (χ4n) is 2.79. The number of ether oxygens (including phenoxy) is 1. The molecule has 1 unspecified atom stereocenters. The van der Waals surface area contributed by atoms with E-state index in [4.69, 9.17) is 16.3 Å². The quantitative estimate of drug-likeness (QED) is 0.877. The highest BCUT2D eigenvalue weighted by atomic mass is 35.5. The fourth-order valence-corrected chi connectivity index (χ4v) is 3.10. The summed E-state index contributed by atoms with van der Waals surface area (Å²) in [6.45, 7) is 2.95. The molecule has 21 heavy (non-hydrogen) atoms. The van der Waals surface area contributed by atoms with Crippen LogP contribution in [-0.4, -0.2) is 36.9 Å². The lowest BCUT2D eigenvalue weighted by Gasteiger charge is -2.37. The molecular weight excluding hydrogens is 290 g/mol. The minimum atomic E-state index is -0.667. The Balaban J connectivity index is 2.33. The number of amides is 1. The summed E-state index contributed by atoms with van der Waals surface area (Å²) in [5.41, 5.74) is 0.180. The highest BCUT2D eigenvalue weighted by molar-refractivity contribution is 6.31. The van der Waals surface area contributed by atoms with E-state index < -0.39 is 5.41 Å². The molecule has 2 rings (SSSR count). The van der Waals surface area contributed by atoms with Crippen molar-refractivity contribution < 1.29 is 14.6 Å². The van der Waals surface area contributed by atoms with Gasteiger partial charge in [0.1, 0.15) is 0 Å². The fraction of sp³-hybridized carbons (Fsp3) is 0.562. The van der Waals surface area contributed by atoms with Gasteiger partial charge in [0.15, 0.2) is 0 Å². The minimum absolute atomic E-state index is 0.0582. The average molecular weight is 312 g/mol. The third-order valence-corrected chi connectivity index (χ3v) is 4.55. The maximum Gasteiger partial charge on any atom is 0.231 e. The first-order valence-corrected chi connectivity index (χ1v) is 7.76. The number of nitrogens with one attached hydrogen (secondary N) is 1. The van der Waals surface area contributed by atoms with E-state index in [1.165, 1.54) is 0 Å². The normalized spacial score (nSPS) is 19.0. The van der Waals surface area contributed by atoms with Crippen molar-refractivity contribution >= 4 is 17.5 Å². The van der Waals surface area contributed by atoms with Crippen molar-refractivity contribution in [1.29, 1.82) is 0 Å². The molecule has 5 heteroatoms. The van der Waals surface area contributed by atoms with Crippen molar-refractivity contribution in [2.75, 3.05) is 19.8 Å². The van der Waals surface area contributed by atoms with Gasteiger partial charge < -0.3 is 15.2 Å². The molecule has 1 aromatic rings. The monoisotopic (exact) mass is 311 g/mol. The first-order valence-electron chi connectivity index (χ1n) is 7.38. The molecule has 1 amide bonds. The zero-order chi connectivity index (χ0) is 15.3. The number of hydrogen-bond acceptors (Lipinski definition) is 3. The Hall–Kier alpha value is -1.10. The van der Waals surface area contributed by atoms with E-state index in [0.29, 0.717) is 37.5 Å². The number of rotatable bonds is 5. The Bertz CT molecular complexity index is 482. The topological polar surface area (TPSA) is 58.6 Å². The van der Waals surface area contributed by atoms with Gasteiger partial charge >= 0.3 is 0 Å². The van der Waals surface area contributed by atoms with Crippen LogP contribution in [0.2, 0.25) is 5.02 Å². The van der Waals surface area contributed by atoms with Crippen LogP contribution >= 0.6 is 11.6 Å². The van der Waals surface area contributed by atoms with Crippen LogP contribution in [0.5, 0.6) is 0 Å². The molecule has 0 bridgehead atoms. The van der Waals surface area contributed by atoms with Crippen molar-refractivity contribution in [3.8, 4) is 0 Å². The van der Waals surface area contributed by atoms with Gasteiger partial charge in [-0.1, -0.05) is 36.7 Å². The standard InChI is InChI=1S/C16H22ClNO3/c1-2-12(11-19)18-15(20)16(7-9-21-10-8-16)13-5-3-4-6-14(13)17/h3-6,12,19H,2,7-11H2,1H3,(H,18,20). The van der Waals surface area contributed by atoms with Crippen molar-refractivity contribution in [2.45, 2.75) is 37.6 Å². The Morgan fingerprint density at radius 1 is 1.43 bits per heavy atom. The molecule has 0 aliphatic carbocycles. The summed E-state index contributed by atoms with van der Waals surface area (Å²) in [7, 11) is 0. The van der Waals surface area contributed by atoms with E-state index in [1.54, 1.807) is 0 Å². The van der Waals surface area contributed by atoms with Crippen molar-refractivity contribution in [3.05, 3.63) is 34.9 Å². The van der Waals surface area contributed by atoms with Crippen LogP contribution in [0.25, 0.3) is 0 Å². The number of carbonyl (C=O) groups excluding carboxylic acids is 1. The van der Waals surface area contributed by atoms with Gasteiger partial charge in [-0.15, -0.1) is 0 Å². The Morgan fingerprint density at radius 2 is 2.10 bits per heavy atom. The largest absolute Gasteiger partial charge is 0.394 e. The summed E-state index contributed by atoms with van der Waals surface area (Å²) in [5.74, 6) is -0.0696. The molecule has 116 valence electrons. The number of hydrogen-bond donors (Lipinski definition) is 2. The summed E-state index contributed by atoms with van der Waals surface area (Å²) in [5, 5.41) is 12.9. The Kier molecular flexibility index (Phi) is 5.62. The molecule has 4 nitrogen and oxygen atoms in total. The summed E-state index contributed by atoms with van der Waals surface area (Å²) in [6.07, 6.45) is 1.90. The van der Waals surface area contributed by atoms with E-state index in [0.717, 1.165) is 5.56 Å². The van der Waals surface area contributed by atoms with E-state index in [2.05, 4.69) is 5.32 Å². The number of benzene rings is 1. The number of aliphatic hydroxyl groups is 1. The highest BCUT2D eigenvalue weighted by Crippen LogP contribution is 2.39.